The van der Waals surface area contributed by atoms with Crippen molar-refractivity contribution in [2.24, 2.45) is 0 Å². The maximum atomic E-state index is 13.3. The van der Waals surface area contributed by atoms with E-state index in [1.807, 2.05) is 0 Å². The van der Waals surface area contributed by atoms with Crippen LogP contribution in [0.5, 0.6) is 5.75 Å². The second kappa shape index (κ2) is 8.66. The fourth-order valence-corrected chi connectivity index (χ4v) is 8.67. The zero-order valence-corrected chi connectivity index (χ0v) is 17.9. The molecular formula is C18H28N2O6S2. The summed E-state index contributed by atoms with van der Waals surface area (Å²) in [5.41, 5.74) is 0.775. The lowest BCUT2D eigenvalue weighted by molar-refractivity contribution is 0.0382. The number of aryl methyl sites for hydroxylation is 1. The van der Waals surface area contributed by atoms with Crippen LogP contribution in [0.2, 0.25) is 0 Å². The SMILES string of the molecule is COc1ccc(C)cc1S(=O)(=O)[C@H]1CS(=O)(=O)C[C@@H]1NCCN1CCOCC1. The van der Waals surface area contributed by atoms with E-state index >= 15 is 0 Å². The van der Waals surface area contributed by atoms with E-state index in [9.17, 15) is 16.8 Å². The molecule has 158 valence electrons. The molecule has 0 amide bonds. The van der Waals surface area contributed by atoms with Crippen LogP contribution in [0.3, 0.4) is 0 Å². The first-order valence-electron chi connectivity index (χ1n) is 9.35. The number of nitrogens with one attached hydrogen (secondary N) is 1. The van der Waals surface area contributed by atoms with Crippen molar-refractivity contribution in [1.82, 2.24) is 10.2 Å². The lowest BCUT2D eigenvalue weighted by Gasteiger charge is -2.28. The summed E-state index contributed by atoms with van der Waals surface area (Å²) in [7, 11) is -5.91. The van der Waals surface area contributed by atoms with Gasteiger partial charge in [-0.3, -0.25) is 4.90 Å². The first kappa shape index (κ1) is 21.5. The number of hydrogen-bond acceptors (Lipinski definition) is 8. The van der Waals surface area contributed by atoms with Crippen molar-refractivity contribution in [3.8, 4) is 5.75 Å². The van der Waals surface area contributed by atoms with Crippen LogP contribution in [0.15, 0.2) is 23.1 Å². The third-order valence-electron chi connectivity index (χ3n) is 5.26. The van der Waals surface area contributed by atoms with Crippen molar-refractivity contribution in [2.75, 3.05) is 58.0 Å². The first-order valence-corrected chi connectivity index (χ1v) is 12.7. The summed E-state index contributed by atoms with van der Waals surface area (Å²) in [6, 6.07) is 4.28. The van der Waals surface area contributed by atoms with Crippen LogP contribution in [0.1, 0.15) is 5.56 Å². The average Bonchev–Trinajstić information content (AvgIpc) is 2.98. The Kier molecular flexibility index (Phi) is 6.65. The molecule has 0 radical (unpaired) electrons. The minimum absolute atomic E-state index is 0.0529. The molecule has 1 aromatic rings. The van der Waals surface area contributed by atoms with Crippen molar-refractivity contribution in [3.05, 3.63) is 23.8 Å². The van der Waals surface area contributed by atoms with Crippen molar-refractivity contribution in [1.29, 1.82) is 0 Å². The van der Waals surface area contributed by atoms with Crippen LogP contribution in [-0.2, 0) is 24.4 Å². The molecule has 0 unspecified atom stereocenters. The number of methoxy groups -OCH3 is 1. The Hall–Kier alpha value is -1.20. The smallest absolute Gasteiger partial charge is 0.187 e. The molecule has 2 aliphatic rings. The predicted molar refractivity (Wildman–Crippen MR) is 106 cm³/mol. The highest BCUT2D eigenvalue weighted by atomic mass is 32.2. The molecule has 0 aliphatic carbocycles. The number of benzene rings is 1. The highest BCUT2D eigenvalue weighted by Gasteiger charge is 2.46. The molecule has 3 rings (SSSR count). The number of rotatable bonds is 7. The van der Waals surface area contributed by atoms with E-state index in [4.69, 9.17) is 9.47 Å². The molecule has 2 atom stereocenters. The summed E-state index contributed by atoms with van der Waals surface area (Å²) >= 11 is 0. The van der Waals surface area contributed by atoms with Gasteiger partial charge in [-0.1, -0.05) is 6.07 Å². The monoisotopic (exact) mass is 432 g/mol. The lowest BCUT2D eigenvalue weighted by atomic mass is 10.2. The highest BCUT2D eigenvalue weighted by molar-refractivity contribution is 7.96. The number of hydrogen-bond donors (Lipinski definition) is 1. The molecule has 2 heterocycles. The topological polar surface area (TPSA) is 102 Å². The molecule has 2 aliphatic heterocycles. The molecule has 0 bridgehead atoms. The molecule has 0 spiro atoms. The minimum atomic E-state index is -3.88. The third-order valence-corrected chi connectivity index (χ3v) is 9.43. The summed E-state index contributed by atoms with van der Waals surface area (Å²) in [4.78, 5) is 2.27. The van der Waals surface area contributed by atoms with Crippen LogP contribution in [0.4, 0.5) is 0 Å². The van der Waals surface area contributed by atoms with Gasteiger partial charge >= 0.3 is 0 Å². The fraction of sp³-hybridized carbons (Fsp3) is 0.667. The van der Waals surface area contributed by atoms with Gasteiger partial charge in [-0.15, -0.1) is 0 Å². The lowest BCUT2D eigenvalue weighted by Crippen LogP contribution is -2.47. The quantitative estimate of drug-likeness (QED) is 0.636. The Bertz CT molecular complexity index is 895. The van der Waals surface area contributed by atoms with E-state index in [-0.39, 0.29) is 22.2 Å². The Morgan fingerprint density at radius 2 is 1.96 bits per heavy atom. The number of sulfone groups is 2. The van der Waals surface area contributed by atoms with Crippen molar-refractivity contribution >= 4 is 19.7 Å². The summed E-state index contributed by atoms with van der Waals surface area (Å²) < 4.78 is 61.7. The van der Waals surface area contributed by atoms with Gasteiger partial charge in [0.15, 0.2) is 19.7 Å². The molecular weight excluding hydrogens is 404 g/mol. The first-order chi connectivity index (χ1) is 13.2. The van der Waals surface area contributed by atoms with Gasteiger partial charge in [0.2, 0.25) is 0 Å². The molecule has 1 N–H and O–H groups in total. The largest absolute Gasteiger partial charge is 0.495 e. The predicted octanol–water partition coefficient (Wildman–Crippen LogP) is -0.135. The molecule has 0 saturated carbocycles. The van der Waals surface area contributed by atoms with Gasteiger partial charge < -0.3 is 14.8 Å². The van der Waals surface area contributed by atoms with Crippen LogP contribution in [0, 0.1) is 6.92 Å². The average molecular weight is 433 g/mol. The van der Waals surface area contributed by atoms with Gasteiger partial charge in [0.05, 0.1) is 37.1 Å². The van der Waals surface area contributed by atoms with Gasteiger partial charge in [-0.25, -0.2) is 16.8 Å². The molecule has 10 heteroatoms. The van der Waals surface area contributed by atoms with Crippen molar-refractivity contribution < 1.29 is 26.3 Å². The summed E-state index contributed by atoms with van der Waals surface area (Å²) in [6.07, 6.45) is 0. The van der Waals surface area contributed by atoms with Crippen molar-refractivity contribution in [3.63, 3.8) is 0 Å². The Balaban J connectivity index is 1.78. The Morgan fingerprint density at radius 3 is 2.64 bits per heavy atom. The summed E-state index contributed by atoms with van der Waals surface area (Å²) in [6.45, 7) is 6.06. The van der Waals surface area contributed by atoms with Gasteiger partial charge in [-0.05, 0) is 24.6 Å². The minimum Gasteiger partial charge on any atom is -0.495 e. The highest BCUT2D eigenvalue weighted by Crippen LogP contribution is 2.32. The fourth-order valence-electron chi connectivity index (χ4n) is 3.71. The molecule has 8 nitrogen and oxygen atoms in total. The van der Waals surface area contributed by atoms with E-state index < -0.39 is 31.0 Å². The van der Waals surface area contributed by atoms with Gasteiger partial charge in [0, 0.05) is 32.2 Å². The second-order valence-electron chi connectivity index (χ2n) is 7.33. The maximum absolute atomic E-state index is 13.3. The van der Waals surface area contributed by atoms with Crippen LogP contribution in [-0.4, -0.2) is 91.0 Å². The zero-order chi connectivity index (χ0) is 20.4. The van der Waals surface area contributed by atoms with Crippen molar-refractivity contribution in [2.45, 2.75) is 23.1 Å². The molecule has 28 heavy (non-hydrogen) atoms. The standard InChI is InChI=1S/C18H28N2O6S2/c1-14-3-4-16(25-2)17(11-14)28(23,24)18-13-27(21,22)12-15(18)19-5-6-20-7-9-26-10-8-20/h3-4,11,15,18-19H,5-10,12-13H2,1-2H3/t15-,18-/m0/s1. The number of nitrogens with zero attached hydrogens (tertiary/aromatic N) is 1. The van der Waals surface area contributed by atoms with E-state index in [1.54, 1.807) is 25.1 Å². The van der Waals surface area contributed by atoms with E-state index in [1.165, 1.54) is 7.11 Å². The van der Waals surface area contributed by atoms with E-state index in [0.29, 0.717) is 19.8 Å². The van der Waals surface area contributed by atoms with Crippen LogP contribution >= 0.6 is 0 Å². The maximum Gasteiger partial charge on any atom is 0.187 e. The molecule has 0 aromatic heterocycles. The zero-order valence-electron chi connectivity index (χ0n) is 16.3. The van der Waals surface area contributed by atoms with Crippen LogP contribution < -0.4 is 10.1 Å². The Morgan fingerprint density at radius 1 is 1.25 bits per heavy atom. The third kappa shape index (κ3) is 4.85. The van der Waals surface area contributed by atoms with Crippen LogP contribution in [0.25, 0.3) is 0 Å². The van der Waals surface area contributed by atoms with Gasteiger partial charge in [0.1, 0.15) is 10.6 Å². The molecule has 1 aromatic carbocycles. The van der Waals surface area contributed by atoms with E-state index in [0.717, 1.165) is 25.2 Å². The van der Waals surface area contributed by atoms with Gasteiger partial charge in [0.25, 0.3) is 0 Å². The molecule has 2 fully saturated rings. The summed E-state index contributed by atoms with van der Waals surface area (Å²) in [5, 5.41) is 2.15. The summed E-state index contributed by atoms with van der Waals surface area (Å²) in [5.74, 6) is -0.308. The molecule has 2 saturated heterocycles. The Labute approximate surface area is 167 Å². The second-order valence-corrected chi connectivity index (χ2v) is 11.6. The normalized spacial score (nSPS) is 25.6. The number of morpholine rings is 1. The number of ether oxygens (including phenoxy) is 2. The van der Waals surface area contributed by atoms with Gasteiger partial charge in [-0.2, -0.15) is 0 Å². The van der Waals surface area contributed by atoms with E-state index in [2.05, 4.69) is 10.2 Å².